The molecule has 0 aliphatic carbocycles. The number of ether oxygens (including phenoxy) is 1. The lowest BCUT2D eigenvalue weighted by atomic mass is 10.2. The average molecular weight is 356 g/mol. The minimum Gasteiger partial charge on any atom is -0.444 e. The van der Waals surface area contributed by atoms with Crippen LogP contribution in [0.15, 0.2) is 4.99 Å². The van der Waals surface area contributed by atoms with Crippen molar-refractivity contribution >= 4 is 12.1 Å². The van der Waals surface area contributed by atoms with Gasteiger partial charge in [-0.15, -0.1) is 0 Å². The standard InChI is InChI=1S/C18H37N5O2/c1-7-19-16(21-14-15-10-9-12-23(15)8-2)20-11-13-22(6)17(24)25-18(3,4)5/h15H,7-14H2,1-6H3,(H2,19,20,21). The zero-order valence-corrected chi connectivity index (χ0v) is 16.9. The highest BCUT2D eigenvalue weighted by Gasteiger charge is 2.22. The van der Waals surface area contributed by atoms with Gasteiger partial charge in [-0.05, 0) is 53.6 Å². The molecule has 0 radical (unpaired) electrons. The Morgan fingerprint density at radius 2 is 2.04 bits per heavy atom. The fraction of sp³-hybridized carbons (Fsp3) is 0.889. The lowest BCUT2D eigenvalue weighted by Gasteiger charge is -2.25. The molecular formula is C18H37N5O2. The number of nitrogens with zero attached hydrogens (tertiary/aromatic N) is 3. The van der Waals surface area contributed by atoms with Gasteiger partial charge in [0.2, 0.25) is 0 Å². The summed E-state index contributed by atoms with van der Waals surface area (Å²) >= 11 is 0. The molecule has 1 atom stereocenters. The Hall–Kier alpha value is -1.50. The van der Waals surface area contributed by atoms with E-state index in [1.807, 2.05) is 20.8 Å². The maximum absolute atomic E-state index is 12.0. The second-order valence-corrected chi connectivity index (χ2v) is 7.47. The second kappa shape index (κ2) is 10.5. The normalized spacial score (nSPS) is 19.0. The van der Waals surface area contributed by atoms with Gasteiger partial charge in [-0.3, -0.25) is 9.89 Å². The van der Waals surface area contributed by atoms with Crippen LogP contribution in [0, 0.1) is 0 Å². The van der Waals surface area contributed by atoms with E-state index < -0.39 is 5.60 Å². The number of carbonyl (C=O) groups is 1. The first-order valence-corrected chi connectivity index (χ1v) is 9.47. The number of likely N-dealkylation sites (tertiary alicyclic amines) is 1. The van der Waals surface area contributed by atoms with Crippen molar-refractivity contribution in [2.45, 2.75) is 59.1 Å². The van der Waals surface area contributed by atoms with Crippen LogP contribution >= 0.6 is 0 Å². The van der Waals surface area contributed by atoms with Gasteiger partial charge in [-0.25, -0.2) is 4.79 Å². The summed E-state index contributed by atoms with van der Waals surface area (Å²) in [5.41, 5.74) is -0.471. The summed E-state index contributed by atoms with van der Waals surface area (Å²) in [6, 6.07) is 0.546. The van der Waals surface area contributed by atoms with Crippen molar-refractivity contribution in [3.8, 4) is 0 Å². The third-order valence-electron chi connectivity index (χ3n) is 4.15. The Balaban J connectivity index is 2.41. The molecule has 0 aromatic heterocycles. The number of amides is 1. The number of aliphatic imine (C=N–C) groups is 1. The smallest absolute Gasteiger partial charge is 0.410 e. The number of guanidine groups is 1. The van der Waals surface area contributed by atoms with Gasteiger partial charge >= 0.3 is 6.09 Å². The Kier molecular flexibility index (Phi) is 9.03. The SMILES string of the molecule is CCNC(=NCC1CCCN1CC)NCCN(C)C(=O)OC(C)(C)C. The summed E-state index contributed by atoms with van der Waals surface area (Å²) in [5.74, 6) is 0.808. The van der Waals surface area contributed by atoms with Gasteiger partial charge in [0.15, 0.2) is 5.96 Å². The third-order valence-corrected chi connectivity index (χ3v) is 4.15. The lowest BCUT2D eigenvalue weighted by Crippen LogP contribution is -2.43. The molecule has 0 saturated carbocycles. The van der Waals surface area contributed by atoms with Crippen molar-refractivity contribution in [3.63, 3.8) is 0 Å². The van der Waals surface area contributed by atoms with Gasteiger partial charge < -0.3 is 20.3 Å². The van der Waals surface area contributed by atoms with Crippen LogP contribution in [0.3, 0.4) is 0 Å². The summed E-state index contributed by atoms with van der Waals surface area (Å²) in [6.45, 7) is 15.0. The van der Waals surface area contributed by atoms with E-state index >= 15 is 0 Å². The fourth-order valence-electron chi connectivity index (χ4n) is 2.83. The molecule has 1 unspecified atom stereocenters. The van der Waals surface area contributed by atoms with Crippen molar-refractivity contribution in [1.82, 2.24) is 20.4 Å². The van der Waals surface area contributed by atoms with E-state index in [0.29, 0.717) is 19.1 Å². The van der Waals surface area contributed by atoms with Gasteiger partial charge in [0.05, 0.1) is 6.54 Å². The summed E-state index contributed by atoms with van der Waals surface area (Å²) < 4.78 is 5.35. The van der Waals surface area contributed by atoms with Gasteiger partial charge in [0.1, 0.15) is 5.60 Å². The van der Waals surface area contributed by atoms with Crippen LogP contribution in [-0.2, 0) is 4.74 Å². The molecule has 7 nitrogen and oxygen atoms in total. The average Bonchev–Trinajstić information content (AvgIpc) is 2.98. The highest BCUT2D eigenvalue weighted by Crippen LogP contribution is 2.16. The Bertz CT molecular complexity index is 434. The molecule has 0 aromatic rings. The Morgan fingerprint density at radius 1 is 1.32 bits per heavy atom. The Labute approximate surface area is 153 Å². The minimum atomic E-state index is -0.471. The van der Waals surface area contributed by atoms with Gasteiger partial charge in [-0.1, -0.05) is 6.92 Å². The summed E-state index contributed by atoms with van der Waals surface area (Å²) in [4.78, 5) is 20.7. The van der Waals surface area contributed by atoms with E-state index in [0.717, 1.165) is 25.6 Å². The van der Waals surface area contributed by atoms with E-state index in [1.165, 1.54) is 19.4 Å². The number of carbonyl (C=O) groups excluding carboxylic acids is 1. The third kappa shape index (κ3) is 8.43. The molecule has 1 saturated heterocycles. The van der Waals surface area contributed by atoms with E-state index in [1.54, 1.807) is 11.9 Å². The molecule has 0 spiro atoms. The molecular weight excluding hydrogens is 318 g/mol. The molecule has 1 aliphatic heterocycles. The first-order valence-electron chi connectivity index (χ1n) is 9.47. The van der Waals surface area contributed by atoms with Crippen LogP contribution in [0.2, 0.25) is 0 Å². The van der Waals surface area contributed by atoms with Crippen molar-refractivity contribution < 1.29 is 9.53 Å². The van der Waals surface area contributed by atoms with Crippen LogP contribution in [0.4, 0.5) is 4.79 Å². The second-order valence-electron chi connectivity index (χ2n) is 7.47. The van der Waals surface area contributed by atoms with Crippen LogP contribution in [0.5, 0.6) is 0 Å². The molecule has 0 bridgehead atoms. The first-order chi connectivity index (χ1) is 11.8. The van der Waals surface area contributed by atoms with Crippen LogP contribution in [-0.4, -0.2) is 79.8 Å². The number of rotatable bonds is 7. The molecule has 1 heterocycles. The van der Waals surface area contributed by atoms with Crippen molar-refractivity contribution in [1.29, 1.82) is 0 Å². The number of nitrogens with one attached hydrogen (secondary N) is 2. The maximum atomic E-state index is 12.0. The minimum absolute atomic E-state index is 0.305. The zero-order chi connectivity index (χ0) is 18.9. The number of hydrogen-bond acceptors (Lipinski definition) is 4. The van der Waals surface area contributed by atoms with Gasteiger partial charge in [0, 0.05) is 32.7 Å². The fourth-order valence-corrected chi connectivity index (χ4v) is 2.83. The molecule has 146 valence electrons. The van der Waals surface area contributed by atoms with E-state index in [4.69, 9.17) is 9.73 Å². The molecule has 1 rings (SSSR count). The molecule has 1 aliphatic rings. The number of hydrogen-bond donors (Lipinski definition) is 2. The zero-order valence-electron chi connectivity index (χ0n) is 16.9. The first kappa shape index (κ1) is 21.5. The topological polar surface area (TPSA) is 69.2 Å². The molecule has 2 N–H and O–H groups in total. The highest BCUT2D eigenvalue weighted by molar-refractivity contribution is 5.79. The van der Waals surface area contributed by atoms with Crippen molar-refractivity contribution in [2.24, 2.45) is 4.99 Å². The summed E-state index contributed by atoms with van der Waals surface area (Å²) in [5, 5.41) is 6.56. The monoisotopic (exact) mass is 355 g/mol. The van der Waals surface area contributed by atoms with Crippen molar-refractivity contribution in [2.75, 3.05) is 46.3 Å². The molecule has 1 amide bonds. The highest BCUT2D eigenvalue weighted by atomic mass is 16.6. The molecule has 7 heteroatoms. The van der Waals surface area contributed by atoms with Crippen LogP contribution in [0.1, 0.15) is 47.5 Å². The molecule has 0 aromatic carbocycles. The Morgan fingerprint density at radius 3 is 2.64 bits per heavy atom. The van der Waals surface area contributed by atoms with E-state index in [2.05, 4.69) is 29.4 Å². The number of likely N-dealkylation sites (N-methyl/N-ethyl adjacent to an activating group) is 2. The van der Waals surface area contributed by atoms with Crippen LogP contribution < -0.4 is 10.6 Å². The summed E-state index contributed by atoms with van der Waals surface area (Å²) in [6.07, 6.45) is 2.18. The van der Waals surface area contributed by atoms with Crippen LogP contribution in [0.25, 0.3) is 0 Å². The van der Waals surface area contributed by atoms with Crippen molar-refractivity contribution in [3.05, 3.63) is 0 Å². The molecule has 25 heavy (non-hydrogen) atoms. The van der Waals surface area contributed by atoms with E-state index in [-0.39, 0.29) is 6.09 Å². The quantitative estimate of drug-likeness (QED) is 0.539. The van der Waals surface area contributed by atoms with Gasteiger partial charge in [0.25, 0.3) is 0 Å². The predicted octanol–water partition coefficient (Wildman–Crippen LogP) is 1.89. The summed E-state index contributed by atoms with van der Waals surface area (Å²) in [7, 11) is 1.75. The largest absolute Gasteiger partial charge is 0.444 e. The lowest BCUT2D eigenvalue weighted by molar-refractivity contribution is 0.0302. The maximum Gasteiger partial charge on any atom is 0.410 e. The van der Waals surface area contributed by atoms with E-state index in [9.17, 15) is 4.79 Å². The molecule has 1 fully saturated rings. The van der Waals surface area contributed by atoms with Gasteiger partial charge in [-0.2, -0.15) is 0 Å². The predicted molar refractivity (Wildman–Crippen MR) is 103 cm³/mol.